The number of carbonyl (C=O) groups excluding carboxylic acids is 1. The Morgan fingerprint density at radius 2 is 2.13 bits per heavy atom. The highest BCUT2D eigenvalue weighted by Gasteiger charge is 2.45. The van der Waals surface area contributed by atoms with Crippen molar-refractivity contribution in [1.82, 2.24) is 14.7 Å². The summed E-state index contributed by atoms with van der Waals surface area (Å²) in [5, 5.41) is 2.68. The second-order valence-corrected chi connectivity index (χ2v) is 9.12. The number of nitrogens with one attached hydrogen (secondary N) is 1. The van der Waals surface area contributed by atoms with E-state index in [1.165, 1.54) is 6.07 Å². The van der Waals surface area contributed by atoms with Crippen molar-refractivity contribution in [2.24, 2.45) is 0 Å². The van der Waals surface area contributed by atoms with Gasteiger partial charge in [0, 0.05) is 31.2 Å². The van der Waals surface area contributed by atoms with Crippen LogP contribution in [0, 0.1) is 0 Å². The van der Waals surface area contributed by atoms with Gasteiger partial charge in [-0.15, -0.1) is 0 Å². The van der Waals surface area contributed by atoms with Crippen molar-refractivity contribution in [2.75, 3.05) is 29.5 Å². The summed E-state index contributed by atoms with van der Waals surface area (Å²) in [5.74, 6) is -2.72. The zero-order valence-corrected chi connectivity index (χ0v) is 17.6. The molecule has 0 amide bonds. The van der Waals surface area contributed by atoms with E-state index >= 15 is 0 Å². The highest BCUT2D eigenvalue weighted by molar-refractivity contribution is 7.92. The molecule has 0 aliphatic carbocycles. The van der Waals surface area contributed by atoms with Crippen molar-refractivity contribution in [1.29, 1.82) is 0 Å². The van der Waals surface area contributed by atoms with E-state index in [0.29, 0.717) is 17.2 Å². The maximum absolute atomic E-state index is 12.9. The van der Waals surface area contributed by atoms with E-state index in [0.717, 1.165) is 38.0 Å². The molecule has 1 aliphatic rings. The Labute approximate surface area is 178 Å². The van der Waals surface area contributed by atoms with Crippen molar-refractivity contribution in [2.45, 2.75) is 23.5 Å². The minimum Gasteiger partial charge on any atom is -0.369 e. The molecule has 0 spiro atoms. The van der Waals surface area contributed by atoms with Gasteiger partial charge in [-0.05, 0) is 31.2 Å². The van der Waals surface area contributed by atoms with Crippen LogP contribution in [-0.2, 0) is 19.7 Å². The third-order valence-corrected chi connectivity index (χ3v) is 6.89. The summed E-state index contributed by atoms with van der Waals surface area (Å²) in [4.78, 5) is 20.3. The van der Waals surface area contributed by atoms with Crippen LogP contribution in [0.15, 0.2) is 29.4 Å². The van der Waals surface area contributed by atoms with Crippen LogP contribution in [0.2, 0.25) is 5.02 Å². The number of sulfonamides is 1. The van der Waals surface area contributed by atoms with Gasteiger partial charge in [-0.25, -0.2) is 9.78 Å². The molecule has 0 saturated carbocycles. The standard InChI is InChI=1S/C15H15ClF3N5O4S2/c1-23(9-4-5-20-7-9)12-3-2-10(6-11(12)16)30(26,27)24(14-21-8-22-29-14)28-13(25)15(17,18)19/h2-3,6,8-9,20H,4-5,7H2,1H3/t9-/m0/s1. The molecule has 30 heavy (non-hydrogen) atoms. The number of carbonyl (C=O) groups is 1. The average molecular weight is 486 g/mol. The first-order chi connectivity index (χ1) is 14.0. The number of likely N-dealkylation sites (N-methyl/N-ethyl adjacent to an activating group) is 1. The highest BCUT2D eigenvalue weighted by atomic mass is 35.5. The SMILES string of the molecule is CN(c1ccc(S(=O)(=O)N(OC(=O)C(F)(F)F)c2ncns2)cc1Cl)[C@H]1CCNC1. The Kier molecular flexibility index (Phi) is 6.40. The maximum atomic E-state index is 12.9. The summed E-state index contributed by atoms with van der Waals surface area (Å²) in [5.41, 5.74) is 0.541. The quantitative estimate of drug-likeness (QED) is 0.621. The van der Waals surface area contributed by atoms with Crippen LogP contribution < -0.4 is 14.7 Å². The van der Waals surface area contributed by atoms with Crippen molar-refractivity contribution >= 4 is 49.9 Å². The fourth-order valence-corrected chi connectivity index (χ4v) is 5.04. The third kappa shape index (κ3) is 4.61. The van der Waals surface area contributed by atoms with Crippen LogP contribution in [-0.4, -0.2) is 56.1 Å². The first kappa shape index (κ1) is 22.5. The van der Waals surface area contributed by atoms with Gasteiger partial charge in [-0.3, -0.25) is 0 Å². The molecule has 1 fully saturated rings. The topological polar surface area (TPSA) is 105 Å². The van der Waals surface area contributed by atoms with Crippen molar-refractivity contribution in [3.05, 3.63) is 29.5 Å². The molecule has 1 saturated heterocycles. The number of aromatic nitrogens is 2. The Morgan fingerprint density at radius 1 is 1.40 bits per heavy atom. The second-order valence-electron chi connectivity index (χ2n) is 6.20. The number of hydrogen-bond donors (Lipinski definition) is 1. The van der Waals surface area contributed by atoms with E-state index in [1.54, 1.807) is 7.05 Å². The molecule has 1 atom stereocenters. The number of rotatable bonds is 6. The second kappa shape index (κ2) is 8.53. The molecule has 15 heteroatoms. The van der Waals surface area contributed by atoms with Gasteiger partial charge >= 0.3 is 12.1 Å². The summed E-state index contributed by atoms with van der Waals surface area (Å²) in [7, 11) is -2.98. The maximum Gasteiger partial charge on any atom is 0.493 e. The molecule has 2 heterocycles. The van der Waals surface area contributed by atoms with Crippen molar-refractivity contribution in [3.8, 4) is 0 Å². The molecule has 0 unspecified atom stereocenters. The van der Waals surface area contributed by atoms with Gasteiger partial charge in [0.25, 0.3) is 15.2 Å². The molecular weight excluding hydrogens is 471 g/mol. The van der Waals surface area contributed by atoms with E-state index in [-0.39, 0.29) is 15.5 Å². The lowest BCUT2D eigenvalue weighted by atomic mass is 10.2. The van der Waals surface area contributed by atoms with Crippen LogP contribution >= 0.6 is 23.1 Å². The first-order valence-electron chi connectivity index (χ1n) is 8.36. The molecule has 3 rings (SSSR count). The summed E-state index contributed by atoms with van der Waals surface area (Å²) in [6, 6.07) is 3.80. The van der Waals surface area contributed by atoms with Crippen LogP contribution in [0.4, 0.5) is 24.0 Å². The molecule has 9 nitrogen and oxygen atoms in total. The normalized spacial score (nSPS) is 17.0. The molecule has 2 aromatic rings. The molecule has 1 N–H and O–H groups in total. The monoisotopic (exact) mass is 485 g/mol. The Bertz CT molecular complexity index is 1010. The molecule has 0 bridgehead atoms. The molecule has 164 valence electrons. The minimum atomic E-state index is -5.42. The predicted octanol–water partition coefficient (Wildman–Crippen LogP) is 2.21. The lowest BCUT2D eigenvalue weighted by Gasteiger charge is -2.27. The number of alkyl halides is 3. The lowest BCUT2D eigenvalue weighted by Crippen LogP contribution is -2.38. The molecule has 1 aliphatic heterocycles. The summed E-state index contributed by atoms with van der Waals surface area (Å²) in [6.45, 7) is 1.56. The summed E-state index contributed by atoms with van der Waals surface area (Å²) >= 11 is 6.69. The summed E-state index contributed by atoms with van der Waals surface area (Å²) in [6.07, 6.45) is -3.65. The van der Waals surface area contributed by atoms with E-state index < -0.39 is 32.2 Å². The van der Waals surface area contributed by atoms with E-state index in [2.05, 4.69) is 19.5 Å². The van der Waals surface area contributed by atoms with Gasteiger partial charge in [0.1, 0.15) is 6.33 Å². The molecular formula is C15H15ClF3N5O4S2. The van der Waals surface area contributed by atoms with E-state index in [9.17, 15) is 26.4 Å². The van der Waals surface area contributed by atoms with Crippen LogP contribution in [0.1, 0.15) is 6.42 Å². The molecule has 1 aromatic heterocycles. The molecule has 1 aromatic carbocycles. The van der Waals surface area contributed by atoms with Crippen LogP contribution in [0.25, 0.3) is 0 Å². The minimum absolute atomic E-state index is 0.0600. The zero-order valence-electron chi connectivity index (χ0n) is 15.3. The third-order valence-electron chi connectivity index (χ3n) is 4.30. The molecule has 0 radical (unpaired) electrons. The summed E-state index contributed by atoms with van der Waals surface area (Å²) < 4.78 is 67.1. The number of hydrogen-bond acceptors (Lipinski definition) is 9. The van der Waals surface area contributed by atoms with Gasteiger partial charge in [-0.1, -0.05) is 16.1 Å². The number of nitrogens with zero attached hydrogens (tertiary/aromatic N) is 4. The van der Waals surface area contributed by atoms with Gasteiger partial charge in [-0.2, -0.15) is 26.0 Å². The fraction of sp³-hybridized carbons (Fsp3) is 0.400. The van der Waals surface area contributed by atoms with Gasteiger partial charge in [0.05, 0.1) is 15.6 Å². The Morgan fingerprint density at radius 3 is 2.67 bits per heavy atom. The number of anilines is 2. The predicted molar refractivity (Wildman–Crippen MR) is 103 cm³/mol. The number of halogens is 4. The smallest absolute Gasteiger partial charge is 0.369 e. The van der Waals surface area contributed by atoms with E-state index in [1.807, 2.05) is 4.90 Å². The first-order valence-corrected chi connectivity index (χ1v) is 10.9. The van der Waals surface area contributed by atoms with Crippen molar-refractivity contribution < 1.29 is 31.2 Å². The Balaban J connectivity index is 1.94. The highest BCUT2D eigenvalue weighted by Crippen LogP contribution is 2.33. The largest absolute Gasteiger partial charge is 0.493 e. The van der Waals surface area contributed by atoms with E-state index in [4.69, 9.17) is 11.6 Å². The van der Waals surface area contributed by atoms with Gasteiger partial charge < -0.3 is 15.1 Å². The average Bonchev–Trinajstić information content (AvgIpc) is 3.38. The van der Waals surface area contributed by atoms with Gasteiger partial charge in [0.2, 0.25) is 0 Å². The Hall–Kier alpha value is -2.16. The van der Waals surface area contributed by atoms with Crippen molar-refractivity contribution in [3.63, 3.8) is 0 Å². The van der Waals surface area contributed by atoms with Crippen LogP contribution in [0.5, 0.6) is 0 Å². The lowest BCUT2D eigenvalue weighted by molar-refractivity contribution is -0.199. The zero-order chi connectivity index (χ0) is 22.1. The van der Waals surface area contributed by atoms with Gasteiger partial charge in [0.15, 0.2) is 0 Å². The fourth-order valence-electron chi connectivity index (χ4n) is 2.76. The number of benzene rings is 1. The van der Waals surface area contributed by atoms with Crippen LogP contribution in [0.3, 0.4) is 0 Å².